The molecular formula is C14H18FNO2. The number of benzene rings is 1. The minimum atomic E-state index is -0.852. The summed E-state index contributed by atoms with van der Waals surface area (Å²) in [6.45, 7) is 0.885. The van der Waals surface area contributed by atoms with Gasteiger partial charge in [-0.3, -0.25) is 9.69 Å². The summed E-state index contributed by atoms with van der Waals surface area (Å²) in [5, 5.41) is 0. The second-order valence-corrected chi connectivity index (χ2v) is 4.63. The molecule has 0 aromatic heterocycles. The number of hydrogen-bond donors (Lipinski definition) is 0. The fourth-order valence-corrected chi connectivity index (χ4v) is 2.39. The summed E-state index contributed by atoms with van der Waals surface area (Å²) in [5.41, 5.74) is 1.08. The summed E-state index contributed by atoms with van der Waals surface area (Å²) in [5.74, 6) is -0.266. The van der Waals surface area contributed by atoms with Crippen molar-refractivity contribution in [3.8, 4) is 0 Å². The zero-order valence-electron chi connectivity index (χ0n) is 10.5. The van der Waals surface area contributed by atoms with Gasteiger partial charge in [-0.1, -0.05) is 30.3 Å². The third-order valence-corrected chi connectivity index (χ3v) is 3.33. The van der Waals surface area contributed by atoms with Gasteiger partial charge in [0.25, 0.3) is 0 Å². The molecule has 1 fully saturated rings. The van der Waals surface area contributed by atoms with E-state index in [0.29, 0.717) is 25.9 Å². The van der Waals surface area contributed by atoms with Gasteiger partial charge >= 0.3 is 5.97 Å². The highest BCUT2D eigenvalue weighted by Gasteiger charge is 2.33. The number of ether oxygens (including phenoxy) is 1. The molecule has 18 heavy (non-hydrogen) atoms. The fourth-order valence-electron chi connectivity index (χ4n) is 2.39. The first-order valence-electron chi connectivity index (χ1n) is 6.20. The van der Waals surface area contributed by atoms with Gasteiger partial charge in [0.1, 0.15) is 12.2 Å². The molecule has 3 nitrogen and oxygen atoms in total. The van der Waals surface area contributed by atoms with Crippen LogP contribution in [0.15, 0.2) is 30.3 Å². The van der Waals surface area contributed by atoms with Crippen LogP contribution in [0.5, 0.6) is 0 Å². The summed E-state index contributed by atoms with van der Waals surface area (Å²) < 4.78 is 18.3. The molecule has 0 amide bonds. The quantitative estimate of drug-likeness (QED) is 0.771. The predicted molar refractivity (Wildman–Crippen MR) is 66.8 cm³/mol. The Labute approximate surface area is 107 Å². The molecule has 1 aromatic rings. The molecule has 1 aliphatic rings. The van der Waals surface area contributed by atoms with Crippen LogP contribution in [0.1, 0.15) is 18.4 Å². The molecule has 0 N–H and O–H groups in total. The maximum absolute atomic E-state index is 13.5. The summed E-state index contributed by atoms with van der Waals surface area (Å²) in [6, 6.07) is 9.47. The van der Waals surface area contributed by atoms with Gasteiger partial charge in [-0.05, 0) is 18.4 Å². The minimum absolute atomic E-state index is 0.266. The Hall–Kier alpha value is -1.42. The van der Waals surface area contributed by atoms with Crippen LogP contribution in [-0.2, 0) is 16.1 Å². The number of carbonyl (C=O) groups excluding carboxylic acids is 1. The largest absolute Gasteiger partial charge is 0.468 e. The second-order valence-electron chi connectivity index (χ2n) is 4.63. The van der Waals surface area contributed by atoms with Gasteiger partial charge in [0.2, 0.25) is 0 Å². The van der Waals surface area contributed by atoms with E-state index in [0.717, 1.165) is 5.56 Å². The molecule has 0 saturated carbocycles. The van der Waals surface area contributed by atoms with E-state index in [1.807, 2.05) is 35.2 Å². The van der Waals surface area contributed by atoms with Gasteiger partial charge in [0.05, 0.1) is 7.11 Å². The molecule has 1 saturated heterocycles. The zero-order chi connectivity index (χ0) is 13.0. The topological polar surface area (TPSA) is 29.5 Å². The lowest BCUT2D eigenvalue weighted by Crippen LogP contribution is -2.48. The molecule has 0 bridgehead atoms. The molecule has 98 valence electrons. The van der Waals surface area contributed by atoms with Gasteiger partial charge in [0.15, 0.2) is 0 Å². The van der Waals surface area contributed by atoms with Crippen LogP contribution in [0.3, 0.4) is 0 Å². The molecule has 2 atom stereocenters. The monoisotopic (exact) mass is 251 g/mol. The summed E-state index contributed by atoms with van der Waals surface area (Å²) in [7, 11) is 1.38. The first kappa shape index (κ1) is 13.0. The molecular weight excluding hydrogens is 233 g/mol. The van der Waals surface area contributed by atoms with E-state index in [-0.39, 0.29) is 12.0 Å². The van der Waals surface area contributed by atoms with E-state index in [1.54, 1.807) is 0 Å². The summed E-state index contributed by atoms with van der Waals surface area (Å²) in [6.07, 6.45) is 0.112. The fraction of sp³-hybridized carbons (Fsp3) is 0.500. The number of methoxy groups -OCH3 is 1. The number of nitrogens with zero attached hydrogens (tertiary/aromatic N) is 1. The lowest BCUT2D eigenvalue weighted by molar-refractivity contribution is -0.149. The van der Waals surface area contributed by atoms with E-state index in [4.69, 9.17) is 4.74 Å². The highest BCUT2D eigenvalue weighted by Crippen LogP contribution is 2.22. The molecule has 0 unspecified atom stereocenters. The molecule has 0 spiro atoms. The van der Waals surface area contributed by atoms with Crippen LogP contribution >= 0.6 is 0 Å². The Kier molecular flexibility index (Phi) is 4.31. The molecule has 2 rings (SSSR count). The molecule has 0 radical (unpaired) electrons. The van der Waals surface area contributed by atoms with E-state index in [1.165, 1.54) is 7.11 Å². The number of esters is 1. The van der Waals surface area contributed by atoms with Crippen molar-refractivity contribution >= 4 is 5.97 Å². The Morgan fingerprint density at radius 3 is 2.78 bits per heavy atom. The van der Waals surface area contributed by atoms with E-state index < -0.39 is 6.17 Å². The lowest BCUT2D eigenvalue weighted by Gasteiger charge is -2.35. The average molecular weight is 251 g/mol. The van der Waals surface area contributed by atoms with E-state index in [2.05, 4.69) is 0 Å². The number of alkyl halides is 1. The van der Waals surface area contributed by atoms with Crippen molar-refractivity contribution in [2.24, 2.45) is 0 Å². The highest BCUT2D eigenvalue weighted by molar-refractivity contribution is 5.75. The van der Waals surface area contributed by atoms with Crippen molar-refractivity contribution in [2.75, 3.05) is 13.7 Å². The standard InChI is InChI=1S/C14H18FNO2/c1-18-14(17)13-8-7-12(15)10-16(13)9-11-5-3-2-4-6-11/h2-6,12-13H,7-10H2,1H3/t12-,13+/m0/s1. The molecule has 0 aliphatic carbocycles. The molecule has 1 heterocycles. The van der Waals surface area contributed by atoms with Gasteiger partial charge in [-0.15, -0.1) is 0 Å². The number of halogens is 1. The molecule has 1 aromatic carbocycles. The van der Waals surface area contributed by atoms with Crippen molar-refractivity contribution in [3.63, 3.8) is 0 Å². The molecule has 1 aliphatic heterocycles. The first-order valence-corrected chi connectivity index (χ1v) is 6.20. The van der Waals surface area contributed by atoms with Crippen LogP contribution in [0.4, 0.5) is 4.39 Å². The van der Waals surface area contributed by atoms with Crippen LogP contribution in [-0.4, -0.2) is 36.7 Å². The van der Waals surface area contributed by atoms with Crippen molar-refractivity contribution < 1.29 is 13.9 Å². The van der Waals surface area contributed by atoms with Crippen molar-refractivity contribution in [3.05, 3.63) is 35.9 Å². The Balaban J connectivity index is 2.08. The smallest absolute Gasteiger partial charge is 0.323 e. The van der Waals surface area contributed by atoms with Crippen LogP contribution < -0.4 is 0 Å². The van der Waals surface area contributed by atoms with E-state index in [9.17, 15) is 9.18 Å². The zero-order valence-corrected chi connectivity index (χ0v) is 10.5. The summed E-state index contributed by atoms with van der Waals surface area (Å²) >= 11 is 0. The SMILES string of the molecule is COC(=O)[C@H]1CC[C@H](F)CN1Cc1ccccc1. The number of likely N-dealkylation sites (tertiary alicyclic amines) is 1. The van der Waals surface area contributed by atoms with Crippen molar-refractivity contribution in [1.82, 2.24) is 4.90 Å². The highest BCUT2D eigenvalue weighted by atomic mass is 19.1. The maximum Gasteiger partial charge on any atom is 0.323 e. The lowest BCUT2D eigenvalue weighted by atomic mass is 10.00. The van der Waals surface area contributed by atoms with Gasteiger partial charge in [-0.25, -0.2) is 4.39 Å². The average Bonchev–Trinajstić information content (AvgIpc) is 2.39. The first-order chi connectivity index (χ1) is 8.70. The van der Waals surface area contributed by atoms with Gasteiger partial charge in [0, 0.05) is 13.1 Å². The van der Waals surface area contributed by atoms with Crippen molar-refractivity contribution in [2.45, 2.75) is 31.6 Å². The van der Waals surface area contributed by atoms with Crippen LogP contribution in [0.2, 0.25) is 0 Å². The maximum atomic E-state index is 13.5. The normalized spacial score (nSPS) is 24.8. The molecule has 4 heteroatoms. The Bertz CT molecular complexity index is 396. The Morgan fingerprint density at radius 1 is 1.39 bits per heavy atom. The van der Waals surface area contributed by atoms with Crippen molar-refractivity contribution in [1.29, 1.82) is 0 Å². The van der Waals surface area contributed by atoms with Gasteiger partial charge < -0.3 is 4.74 Å². The Morgan fingerprint density at radius 2 is 2.11 bits per heavy atom. The number of hydrogen-bond acceptors (Lipinski definition) is 3. The second kappa shape index (κ2) is 5.96. The van der Waals surface area contributed by atoms with Gasteiger partial charge in [-0.2, -0.15) is 0 Å². The minimum Gasteiger partial charge on any atom is -0.468 e. The van der Waals surface area contributed by atoms with Crippen LogP contribution in [0, 0.1) is 0 Å². The third-order valence-electron chi connectivity index (χ3n) is 3.33. The number of carbonyl (C=O) groups is 1. The number of rotatable bonds is 3. The number of piperidine rings is 1. The van der Waals surface area contributed by atoms with Crippen LogP contribution in [0.25, 0.3) is 0 Å². The third kappa shape index (κ3) is 3.07. The van der Waals surface area contributed by atoms with E-state index >= 15 is 0 Å². The summed E-state index contributed by atoms with van der Waals surface area (Å²) in [4.78, 5) is 13.6. The predicted octanol–water partition coefficient (Wildman–Crippen LogP) is 2.16.